The monoisotopic (exact) mass is 347 g/mol. The third-order valence-corrected chi connectivity index (χ3v) is 6.05. The van der Waals surface area contributed by atoms with Gasteiger partial charge in [-0.05, 0) is 36.3 Å². The lowest BCUT2D eigenvalue weighted by Crippen LogP contribution is -2.37. The number of carbonyl (C=O) groups excluding carboxylic acids is 1. The molecule has 128 valence electrons. The Hall–Kier alpha value is -1.73. The summed E-state index contributed by atoms with van der Waals surface area (Å²) in [6.45, 7) is 2.35. The molecule has 0 saturated carbocycles. The first-order valence-corrected chi connectivity index (χ1v) is 9.25. The lowest BCUT2D eigenvalue weighted by atomic mass is 9.86. The Labute approximate surface area is 144 Å². The van der Waals surface area contributed by atoms with Gasteiger partial charge in [-0.15, -0.1) is 21.5 Å². The van der Waals surface area contributed by atoms with E-state index in [4.69, 9.17) is 9.15 Å². The van der Waals surface area contributed by atoms with Gasteiger partial charge in [0.05, 0.1) is 12.0 Å². The zero-order valence-electron chi connectivity index (χ0n) is 13.9. The fourth-order valence-corrected chi connectivity index (χ4v) is 4.82. The van der Waals surface area contributed by atoms with Crippen molar-refractivity contribution in [3.8, 4) is 0 Å². The van der Waals surface area contributed by atoms with Crippen LogP contribution in [0.3, 0.4) is 0 Å². The molecular formula is C17H21N3O3S. The van der Waals surface area contributed by atoms with Gasteiger partial charge >= 0.3 is 0 Å². The van der Waals surface area contributed by atoms with Crippen LogP contribution < -0.4 is 0 Å². The van der Waals surface area contributed by atoms with E-state index in [2.05, 4.69) is 21.6 Å². The Bertz CT molecular complexity index is 741. The largest absolute Gasteiger partial charge is 0.423 e. The number of likely N-dealkylation sites (tertiary alicyclic amines) is 1. The molecule has 0 aromatic carbocycles. The number of methoxy groups -OCH3 is 1. The van der Waals surface area contributed by atoms with Crippen LogP contribution in [0.5, 0.6) is 0 Å². The van der Waals surface area contributed by atoms with Crippen LogP contribution in [0.1, 0.15) is 53.4 Å². The van der Waals surface area contributed by atoms with Crippen molar-refractivity contribution in [3.63, 3.8) is 0 Å². The second-order valence-corrected chi connectivity index (χ2v) is 7.50. The van der Waals surface area contributed by atoms with Crippen molar-refractivity contribution in [1.82, 2.24) is 15.1 Å². The first-order chi connectivity index (χ1) is 11.7. The molecular weight excluding hydrogens is 326 g/mol. The number of aryl methyl sites for hydroxylation is 2. The van der Waals surface area contributed by atoms with E-state index in [0.29, 0.717) is 24.7 Å². The van der Waals surface area contributed by atoms with Gasteiger partial charge in [0, 0.05) is 31.9 Å². The highest BCUT2D eigenvalue weighted by molar-refractivity contribution is 7.10. The summed E-state index contributed by atoms with van der Waals surface area (Å²) in [5, 5.41) is 10.2. The molecule has 2 aliphatic rings. The van der Waals surface area contributed by atoms with E-state index in [9.17, 15) is 4.79 Å². The van der Waals surface area contributed by atoms with Crippen LogP contribution in [0.2, 0.25) is 0 Å². The number of thiophene rings is 1. The van der Waals surface area contributed by atoms with Crippen LogP contribution >= 0.6 is 11.3 Å². The molecule has 1 unspecified atom stereocenters. The molecule has 1 aliphatic heterocycles. The lowest BCUT2D eigenvalue weighted by Gasteiger charge is -2.29. The molecule has 1 aliphatic carbocycles. The quantitative estimate of drug-likeness (QED) is 0.854. The second-order valence-electron chi connectivity index (χ2n) is 6.50. The normalized spacial score (nSPS) is 26.6. The highest BCUT2D eigenvalue weighted by atomic mass is 32.1. The number of rotatable bonds is 3. The summed E-state index contributed by atoms with van der Waals surface area (Å²) in [6, 6.07) is 1.92. The third kappa shape index (κ3) is 2.65. The van der Waals surface area contributed by atoms with Crippen molar-refractivity contribution in [2.45, 2.75) is 50.7 Å². The smallest absolute Gasteiger partial charge is 0.239 e. The van der Waals surface area contributed by atoms with Crippen molar-refractivity contribution in [1.29, 1.82) is 0 Å². The number of fused-ring (bicyclic) bond motifs is 1. The van der Waals surface area contributed by atoms with Crippen LogP contribution in [0.4, 0.5) is 0 Å². The van der Waals surface area contributed by atoms with Crippen molar-refractivity contribution in [2.24, 2.45) is 0 Å². The number of hydrogen-bond donors (Lipinski definition) is 0. The van der Waals surface area contributed by atoms with Gasteiger partial charge in [-0.3, -0.25) is 4.79 Å². The fraction of sp³-hybridized carbons (Fsp3) is 0.588. The zero-order valence-corrected chi connectivity index (χ0v) is 14.7. The molecule has 1 fully saturated rings. The maximum absolute atomic E-state index is 13.3. The first-order valence-electron chi connectivity index (χ1n) is 8.37. The average molecular weight is 347 g/mol. The summed E-state index contributed by atoms with van der Waals surface area (Å²) in [4.78, 5) is 16.5. The summed E-state index contributed by atoms with van der Waals surface area (Å²) in [6.07, 6.45) is 3.77. The maximum atomic E-state index is 13.3. The predicted octanol–water partition coefficient (Wildman–Crippen LogP) is 2.85. The average Bonchev–Trinajstić information content (AvgIpc) is 3.31. The van der Waals surface area contributed by atoms with Crippen molar-refractivity contribution in [2.75, 3.05) is 13.7 Å². The van der Waals surface area contributed by atoms with E-state index in [1.54, 1.807) is 25.4 Å². The van der Waals surface area contributed by atoms with Gasteiger partial charge in [0.15, 0.2) is 0 Å². The number of ether oxygens (including phenoxy) is 1. The van der Waals surface area contributed by atoms with Crippen LogP contribution in [-0.4, -0.2) is 40.8 Å². The minimum atomic E-state index is -0.187. The topological polar surface area (TPSA) is 68.5 Å². The van der Waals surface area contributed by atoms with Crippen molar-refractivity contribution < 1.29 is 13.9 Å². The highest BCUT2D eigenvalue weighted by Gasteiger charge is 2.42. The minimum absolute atomic E-state index is 0.0108. The van der Waals surface area contributed by atoms with Crippen LogP contribution in [0.15, 0.2) is 15.9 Å². The summed E-state index contributed by atoms with van der Waals surface area (Å²) >= 11 is 1.76. The highest BCUT2D eigenvalue weighted by Crippen LogP contribution is 2.40. The molecule has 6 nitrogen and oxygen atoms in total. The molecule has 0 bridgehead atoms. The summed E-state index contributed by atoms with van der Waals surface area (Å²) in [5.74, 6) is 1.15. The fourth-order valence-electron chi connectivity index (χ4n) is 3.84. The molecule has 2 aromatic rings. The van der Waals surface area contributed by atoms with Gasteiger partial charge in [0.2, 0.25) is 17.7 Å². The van der Waals surface area contributed by atoms with Gasteiger partial charge < -0.3 is 14.1 Å². The lowest BCUT2D eigenvalue weighted by molar-refractivity contribution is -0.134. The molecule has 3 heterocycles. The van der Waals surface area contributed by atoms with Gasteiger partial charge in [-0.2, -0.15) is 0 Å². The van der Waals surface area contributed by atoms with E-state index in [1.807, 2.05) is 4.90 Å². The van der Waals surface area contributed by atoms with E-state index in [1.165, 1.54) is 10.4 Å². The first kappa shape index (κ1) is 15.8. The second kappa shape index (κ2) is 6.29. The molecule has 0 N–H and O–H groups in total. The number of carbonyl (C=O) groups is 1. The maximum Gasteiger partial charge on any atom is 0.239 e. The Morgan fingerprint density at radius 3 is 3.08 bits per heavy atom. The van der Waals surface area contributed by atoms with Gasteiger partial charge in [0.1, 0.15) is 6.04 Å². The van der Waals surface area contributed by atoms with Crippen LogP contribution in [0.25, 0.3) is 0 Å². The number of hydrogen-bond acceptors (Lipinski definition) is 6. The Balaban J connectivity index is 1.63. The Morgan fingerprint density at radius 1 is 1.46 bits per heavy atom. The van der Waals surface area contributed by atoms with E-state index >= 15 is 0 Å². The number of nitrogens with zero attached hydrogens (tertiary/aromatic N) is 3. The SMILES string of the molecule is CO[C@H]1C[C@H](c2nnc(C)o2)N(C(=O)C2CCCc3sccc32)C1. The van der Waals surface area contributed by atoms with Crippen molar-refractivity contribution >= 4 is 17.2 Å². The minimum Gasteiger partial charge on any atom is -0.423 e. The molecule has 3 atom stereocenters. The molecule has 7 heteroatoms. The Morgan fingerprint density at radius 2 is 2.33 bits per heavy atom. The van der Waals surface area contributed by atoms with E-state index in [-0.39, 0.29) is 24.0 Å². The number of aromatic nitrogens is 2. The molecule has 2 aromatic heterocycles. The van der Waals surface area contributed by atoms with E-state index in [0.717, 1.165) is 19.3 Å². The number of amides is 1. The molecule has 0 radical (unpaired) electrons. The van der Waals surface area contributed by atoms with Crippen molar-refractivity contribution in [3.05, 3.63) is 33.7 Å². The molecule has 0 spiro atoms. The molecule has 1 amide bonds. The van der Waals surface area contributed by atoms with Crippen LogP contribution in [-0.2, 0) is 16.0 Å². The van der Waals surface area contributed by atoms with E-state index < -0.39 is 0 Å². The Kier molecular flexibility index (Phi) is 4.14. The molecule has 24 heavy (non-hydrogen) atoms. The van der Waals surface area contributed by atoms with Gasteiger partial charge in [-0.1, -0.05) is 0 Å². The standard InChI is InChI=1S/C17H21N3O3S/c1-10-18-19-16(23-10)14-8-11(22-2)9-20(14)17(21)13-4-3-5-15-12(13)6-7-24-15/h6-7,11,13-14H,3-5,8-9H2,1-2H3/t11-,13?,14+/m0/s1. The summed E-state index contributed by atoms with van der Waals surface area (Å²) in [5.41, 5.74) is 1.21. The summed E-state index contributed by atoms with van der Waals surface area (Å²) < 4.78 is 11.1. The zero-order chi connectivity index (χ0) is 16.7. The molecule has 1 saturated heterocycles. The van der Waals surface area contributed by atoms with Gasteiger partial charge in [0.25, 0.3) is 0 Å². The summed E-state index contributed by atoms with van der Waals surface area (Å²) in [7, 11) is 1.69. The molecule has 4 rings (SSSR count). The van der Waals surface area contributed by atoms with Crippen LogP contribution in [0, 0.1) is 6.92 Å². The van der Waals surface area contributed by atoms with Gasteiger partial charge in [-0.25, -0.2) is 0 Å². The predicted molar refractivity (Wildman–Crippen MR) is 88.9 cm³/mol. The third-order valence-electron chi connectivity index (χ3n) is 5.06.